The molecule has 0 bridgehead atoms. The Morgan fingerprint density at radius 1 is 1.21 bits per heavy atom. The van der Waals surface area contributed by atoms with E-state index in [2.05, 4.69) is 10.5 Å². The zero-order chi connectivity index (χ0) is 29.0. The maximum Gasteiger partial charge on any atom is 0.235 e. The summed E-state index contributed by atoms with van der Waals surface area (Å²) in [6.45, 7) is 8.70. The van der Waals surface area contributed by atoms with E-state index in [-0.39, 0.29) is 42.5 Å². The molecule has 5 atom stereocenters. The number of nitrogens with two attached hydrogens (primary N) is 1. The molecule has 2 unspecified atom stereocenters. The van der Waals surface area contributed by atoms with Gasteiger partial charge in [0.1, 0.15) is 12.9 Å². The van der Waals surface area contributed by atoms with Gasteiger partial charge in [-0.05, 0) is 42.7 Å². The Kier molecular flexibility index (Phi) is 7.28. The van der Waals surface area contributed by atoms with Gasteiger partial charge in [-0.15, -0.1) is 0 Å². The molecule has 0 spiro atoms. The quantitative estimate of drug-likeness (QED) is 0.230. The third-order valence-corrected chi connectivity index (χ3v) is 8.07. The van der Waals surface area contributed by atoms with Crippen LogP contribution in [-0.2, 0) is 37.0 Å². The summed E-state index contributed by atoms with van der Waals surface area (Å²) in [6.07, 6.45) is -0.191. The van der Waals surface area contributed by atoms with Crippen molar-refractivity contribution >= 4 is 34.8 Å². The fourth-order valence-electron chi connectivity index (χ4n) is 6.31. The second-order valence-corrected chi connectivity index (χ2v) is 12.0. The van der Waals surface area contributed by atoms with E-state index in [4.69, 9.17) is 10.6 Å². The number of benzene rings is 1. The topological polar surface area (TPSA) is 185 Å². The van der Waals surface area contributed by atoms with Gasteiger partial charge in [0.25, 0.3) is 0 Å². The number of carbonyl (C=O) groups excluding carboxylic acids is 5. The lowest BCUT2D eigenvalue weighted by Gasteiger charge is -2.48. The van der Waals surface area contributed by atoms with Gasteiger partial charge in [0.2, 0.25) is 5.91 Å². The first kappa shape index (κ1) is 28.6. The number of phenols is 1. The molecule has 0 saturated heterocycles. The smallest absolute Gasteiger partial charge is 0.235 e. The van der Waals surface area contributed by atoms with Gasteiger partial charge in [0, 0.05) is 36.6 Å². The van der Waals surface area contributed by atoms with E-state index < -0.39 is 58.3 Å². The minimum atomic E-state index is -2.68. The number of nitrogens with one attached hydrogen (secondary N) is 1. The number of carbonyl (C=O) groups is 5. The van der Waals surface area contributed by atoms with Crippen LogP contribution in [0.2, 0.25) is 0 Å². The molecule has 4 rings (SSSR count). The van der Waals surface area contributed by atoms with E-state index in [1.807, 2.05) is 20.8 Å². The number of hydrogen-bond acceptors (Lipinski definition) is 10. The van der Waals surface area contributed by atoms with Crippen molar-refractivity contribution in [3.63, 3.8) is 0 Å². The Bertz CT molecular complexity index is 1310. The molecule has 0 aromatic heterocycles. The first-order chi connectivity index (χ1) is 18.1. The monoisotopic (exact) mass is 541 g/mol. The predicted octanol–water partition coefficient (Wildman–Crippen LogP) is 0.833. The molecule has 1 amide bonds. The van der Waals surface area contributed by atoms with Crippen LogP contribution in [0, 0.1) is 29.1 Å². The molecule has 3 aliphatic rings. The Morgan fingerprint density at radius 2 is 1.87 bits per heavy atom. The summed E-state index contributed by atoms with van der Waals surface area (Å²) in [4.78, 5) is 70.1. The standard InChI is InChI=1S/C28H35N3O8/c1-12(31-39-5)16-8-14(10-30-11-27(2,3)4)22(33)20-17(16)7-13-6-15-9-18(32)21(26(29)37)25(36)28(15,38)24(35)19(13)23(20)34/h8,13,15,19,21,30,33,38H,6-7,9-11H2,1-5H3,(H2,29,37)/t13-,15+,19?,21?,28+/m1/s1. The SMILES string of the molecule is CON=C(C)c1cc(CNCC(C)(C)C)c(O)c2c1C[C@H]1C[C@H]3CC(=O)C(C(N)=O)C(=O)[C@@]3(O)C(=O)C1C2=O. The summed E-state index contributed by atoms with van der Waals surface area (Å²) in [6, 6.07) is 1.74. The number of rotatable bonds is 6. The summed E-state index contributed by atoms with van der Waals surface area (Å²) in [7, 11) is 1.39. The van der Waals surface area contributed by atoms with Crippen molar-refractivity contribution in [1.29, 1.82) is 0 Å². The highest BCUT2D eigenvalue weighted by atomic mass is 16.6. The van der Waals surface area contributed by atoms with Crippen molar-refractivity contribution < 1.29 is 39.0 Å². The number of fused-ring (bicyclic) bond motifs is 3. The molecule has 210 valence electrons. The number of aliphatic hydroxyl groups is 1. The number of nitrogens with zero attached hydrogens (tertiary/aromatic N) is 1. The van der Waals surface area contributed by atoms with Gasteiger partial charge in [-0.1, -0.05) is 25.9 Å². The second kappa shape index (κ2) is 9.95. The normalized spacial score (nSPS) is 29.0. The van der Waals surface area contributed by atoms with Crippen molar-refractivity contribution in [2.24, 2.45) is 40.0 Å². The van der Waals surface area contributed by atoms with E-state index in [0.29, 0.717) is 28.9 Å². The van der Waals surface area contributed by atoms with Gasteiger partial charge in [0.05, 0.1) is 17.2 Å². The molecule has 0 heterocycles. The molecule has 39 heavy (non-hydrogen) atoms. The molecule has 5 N–H and O–H groups in total. The van der Waals surface area contributed by atoms with Crippen molar-refractivity contribution in [3.05, 3.63) is 28.3 Å². The van der Waals surface area contributed by atoms with Crippen LogP contribution in [0.1, 0.15) is 67.6 Å². The largest absolute Gasteiger partial charge is 0.507 e. The molecule has 0 aliphatic heterocycles. The highest BCUT2D eigenvalue weighted by molar-refractivity contribution is 6.31. The minimum Gasteiger partial charge on any atom is -0.507 e. The van der Waals surface area contributed by atoms with Gasteiger partial charge >= 0.3 is 0 Å². The third kappa shape index (κ3) is 4.67. The first-order valence-corrected chi connectivity index (χ1v) is 13.0. The Balaban J connectivity index is 1.81. The zero-order valence-electron chi connectivity index (χ0n) is 22.8. The fraction of sp³-hybridized carbons (Fsp3) is 0.571. The van der Waals surface area contributed by atoms with Crippen LogP contribution in [0.3, 0.4) is 0 Å². The number of primary amides is 1. The molecule has 1 aromatic carbocycles. The van der Waals surface area contributed by atoms with Crippen LogP contribution >= 0.6 is 0 Å². The van der Waals surface area contributed by atoms with Crippen LogP contribution in [0.4, 0.5) is 0 Å². The molecule has 11 nitrogen and oxygen atoms in total. The predicted molar refractivity (Wildman–Crippen MR) is 139 cm³/mol. The lowest BCUT2D eigenvalue weighted by Crippen LogP contribution is -2.68. The molecule has 1 aromatic rings. The van der Waals surface area contributed by atoms with Crippen molar-refractivity contribution in [2.45, 2.75) is 59.1 Å². The zero-order valence-corrected chi connectivity index (χ0v) is 22.8. The minimum absolute atomic E-state index is 0.0244. The average Bonchev–Trinajstić information content (AvgIpc) is 2.81. The summed E-state index contributed by atoms with van der Waals surface area (Å²) in [5.41, 5.74) is 4.39. The summed E-state index contributed by atoms with van der Waals surface area (Å²) >= 11 is 0. The van der Waals surface area contributed by atoms with E-state index >= 15 is 0 Å². The van der Waals surface area contributed by atoms with Gasteiger partial charge < -0.3 is 26.1 Å². The van der Waals surface area contributed by atoms with E-state index in [1.165, 1.54) is 7.11 Å². The van der Waals surface area contributed by atoms with Crippen LogP contribution in [0.25, 0.3) is 0 Å². The van der Waals surface area contributed by atoms with E-state index in [1.54, 1.807) is 13.0 Å². The second-order valence-electron chi connectivity index (χ2n) is 12.0. The lowest BCUT2D eigenvalue weighted by atomic mass is 9.53. The van der Waals surface area contributed by atoms with Gasteiger partial charge in [-0.3, -0.25) is 24.0 Å². The summed E-state index contributed by atoms with van der Waals surface area (Å²) in [5, 5.41) is 29.9. The number of aromatic hydroxyl groups is 1. The van der Waals surface area contributed by atoms with Crippen LogP contribution in [0.5, 0.6) is 5.75 Å². The number of ketones is 4. The molecular formula is C28H35N3O8. The molecular weight excluding hydrogens is 506 g/mol. The highest BCUT2D eigenvalue weighted by Gasteiger charge is 2.66. The van der Waals surface area contributed by atoms with Crippen LogP contribution in [0.15, 0.2) is 11.2 Å². The number of phenolic OH excluding ortho intramolecular Hbond substituents is 1. The molecule has 2 fully saturated rings. The highest BCUT2D eigenvalue weighted by Crippen LogP contribution is 2.50. The van der Waals surface area contributed by atoms with Crippen LogP contribution < -0.4 is 11.1 Å². The van der Waals surface area contributed by atoms with E-state index in [9.17, 15) is 34.2 Å². The van der Waals surface area contributed by atoms with Gasteiger partial charge in [-0.25, -0.2) is 0 Å². The number of Topliss-reactive ketones (excluding diaryl/α,β-unsaturated/α-hetero) is 4. The van der Waals surface area contributed by atoms with Gasteiger partial charge in [0.15, 0.2) is 34.7 Å². The summed E-state index contributed by atoms with van der Waals surface area (Å²) in [5.74, 6) is -10.4. The Labute approximate surface area is 226 Å². The molecule has 3 aliphatic carbocycles. The van der Waals surface area contributed by atoms with Crippen LogP contribution in [-0.4, -0.2) is 64.2 Å². The maximum absolute atomic E-state index is 13.9. The lowest BCUT2D eigenvalue weighted by molar-refractivity contribution is -0.175. The van der Waals surface area contributed by atoms with Gasteiger partial charge in [-0.2, -0.15) is 0 Å². The molecule has 0 radical (unpaired) electrons. The van der Waals surface area contributed by atoms with Crippen molar-refractivity contribution in [3.8, 4) is 5.75 Å². The summed E-state index contributed by atoms with van der Waals surface area (Å²) < 4.78 is 0. The van der Waals surface area contributed by atoms with E-state index in [0.717, 1.165) is 0 Å². The van der Waals surface area contributed by atoms with Crippen molar-refractivity contribution in [1.82, 2.24) is 5.32 Å². The van der Waals surface area contributed by atoms with Crippen molar-refractivity contribution in [2.75, 3.05) is 13.7 Å². The third-order valence-electron chi connectivity index (χ3n) is 8.07. The fourth-order valence-corrected chi connectivity index (χ4v) is 6.31. The molecule has 11 heteroatoms. The Hall–Kier alpha value is -3.44. The maximum atomic E-state index is 13.9. The average molecular weight is 542 g/mol. The number of oxime groups is 1. The number of amides is 1. The number of hydrogen-bond donors (Lipinski definition) is 4. The molecule has 2 saturated carbocycles. The Morgan fingerprint density at radius 3 is 2.46 bits per heavy atom. The first-order valence-electron chi connectivity index (χ1n) is 13.0.